The zero-order valence-electron chi connectivity index (χ0n) is 7.74. The third kappa shape index (κ3) is 2.61. The lowest BCUT2D eigenvalue weighted by molar-refractivity contribution is 0.105. The second-order valence-corrected chi connectivity index (χ2v) is 2.84. The summed E-state index contributed by atoms with van der Waals surface area (Å²) in [6.45, 7) is 1.19. The fourth-order valence-corrected chi connectivity index (χ4v) is 0.860. The van der Waals surface area contributed by atoms with Crippen LogP contribution < -0.4 is 5.32 Å². The van der Waals surface area contributed by atoms with Gasteiger partial charge < -0.3 is 15.5 Å². The van der Waals surface area contributed by atoms with Gasteiger partial charge in [0.25, 0.3) is 0 Å². The Labute approximate surface area is 80.6 Å². The number of nitrogens with one attached hydrogen (secondary N) is 1. The Bertz CT molecular complexity index is 309. The van der Waals surface area contributed by atoms with E-state index in [1.807, 2.05) is 0 Å². The number of aromatic nitrogens is 2. The lowest BCUT2D eigenvalue weighted by Crippen LogP contribution is -2.24. The van der Waals surface area contributed by atoms with Crippen molar-refractivity contribution in [3.05, 3.63) is 17.8 Å². The zero-order valence-corrected chi connectivity index (χ0v) is 7.74. The zero-order chi connectivity index (χ0) is 10.6. The molecule has 0 aliphatic heterocycles. The minimum Gasteiger partial charge on any atom is -0.394 e. The number of aliphatic hydroxyl groups excluding tert-OH is 2. The largest absolute Gasteiger partial charge is 0.394 e. The molecule has 0 spiro atoms. The number of aliphatic hydroxyl groups is 2. The maximum atomic E-state index is 13.2. The van der Waals surface area contributed by atoms with Crippen molar-refractivity contribution < 1.29 is 14.6 Å². The van der Waals surface area contributed by atoms with E-state index in [1.165, 1.54) is 13.3 Å². The lowest BCUT2D eigenvalue weighted by Gasteiger charge is -2.10. The van der Waals surface area contributed by atoms with Crippen LogP contribution >= 0.6 is 0 Å². The average Bonchev–Trinajstić information content (AvgIpc) is 2.20. The smallest absolute Gasteiger partial charge is 0.186 e. The molecule has 0 amide bonds. The first-order valence-corrected chi connectivity index (χ1v) is 4.15. The van der Waals surface area contributed by atoms with Crippen molar-refractivity contribution in [1.29, 1.82) is 0 Å². The van der Waals surface area contributed by atoms with Crippen LogP contribution in [0.15, 0.2) is 6.33 Å². The molecule has 3 N–H and O–H groups in total. The highest BCUT2D eigenvalue weighted by Crippen LogP contribution is 2.11. The molecule has 1 rings (SSSR count). The Morgan fingerprint density at radius 1 is 1.57 bits per heavy atom. The van der Waals surface area contributed by atoms with Gasteiger partial charge >= 0.3 is 0 Å². The van der Waals surface area contributed by atoms with Crippen molar-refractivity contribution in [3.8, 4) is 0 Å². The molecule has 0 bridgehead atoms. The maximum Gasteiger partial charge on any atom is 0.186 e. The van der Waals surface area contributed by atoms with Crippen LogP contribution in [-0.4, -0.2) is 39.4 Å². The predicted molar refractivity (Wildman–Crippen MR) is 48.3 cm³/mol. The summed E-state index contributed by atoms with van der Waals surface area (Å²) >= 11 is 0. The molecule has 0 saturated heterocycles. The lowest BCUT2D eigenvalue weighted by atomic mass is 10.3. The highest BCUT2D eigenvalue weighted by Gasteiger charge is 2.08. The van der Waals surface area contributed by atoms with E-state index in [2.05, 4.69) is 15.3 Å². The summed E-state index contributed by atoms with van der Waals surface area (Å²) < 4.78 is 13.2. The van der Waals surface area contributed by atoms with E-state index in [0.29, 0.717) is 0 Å². The average molecular weight is 201 g/mol. The summed E-state index contributed by atoms with van der Waals surface area (Å²) in [5, 5.41) is 20.1. The van der Waals surface area contributed by atoms with E-state index in [4.69, 9.17) is 10.2 Å². The topological polar surface area (TPSA) is 78.3 Å². The van der Waals surface area contributed by atoms with E-state index in [0.717, 1.165) is 0 Å². The van der Waals surface area contributed by atoms with Crippen LogP contribution in [0.1, 0.15) is 5.69 Å². The van der Waals surface area contributed by atoms with Crippen molar-refractivity contribution in [2.45, 2.75) is 13.0 Å². The standard InChI is InChI=1S/C8H12FN3O2/c1-5-7(9)8(12-4-11-5)10-2-6(14)3-13/h4,6,13-14H,2-3H2,1H3,(H,10,11,12). The van der Waals surface area contributed by atoms with Gasteiger partial charge in [-0.2, -0.15) is 0 Å². The first-order valence-electron chi connectivity index (χ1n) is 4.15. The maximum absolute atomic E-state index is 13.2. The van der Waals surface area contributed by atoms with Gasteiger partial charge in [-0.05, 0) is 6.92 Å². The summed E-state index contributed by atoms with van der Waals surface area (Å²) in [6.07, 6.45) is 0.302. The van der Waals surface area contributed by atoms with E-state index in [1.54, 1.807) is 0 Å². The van der Waals surface area contributed by atoms with Crippen LogP contribution in [0.4, 0.5) is 10.2 Å². The summed E-state index contributed by atoms with van der Waals surface area (Å²) in [7, 11) is 0. The molecule has 0 saturated carbocycles. The number of aryl methyl sites for hydroxylation is 1. The molecule has 5 nitrogen and oxygen atoms in total. The third-order valence-corrected chi connectivity index (χ3v) is 1.68. The van der Waals surface area contributed by atoms with Crippen LogP contribution in [0.3, 0.4) is 0 Å². The molecule has 1 aromatic heterocycles. The van der Waals surface area contributed by atoms with Crippen molar-refractivity contribution in [3.63, 3.8) is 0 Å². The SMILES string of the molecule is Cc1ncnc(NCC(O)CO)c1F. The molecular formula is C8H12FN3O2. The highest BCUT2D eigenvalue weighted by atomic mass is 19.1. The van der Waals surface area contributed by atoms with Crippen molar-refractivity contribution >= 4 is 5.82 Å². The normalized spacial score (nSPS) is 12.6. The minimum atomic E-state index is -0.926. The molecule has 14 heavy (non-hydrogen) atoms. The van der Waals surface area contributed by atoms with Crippen LogP contribution in [-0.2, 0) is 0 Å². The summed E-state index contributed by atoms with van der Waals surface area (Å²) in [6, 6.07) is 0. The van der Waals surface area contributed by atoms with Gasteiger partial charge in [-0.1, -0.05) is 0 Å². The van der Waals surface area contributed by atoms with Gasteiger partial charge in [0.15, 0.2) is 11.6 Å². The van der Waals surface area contributed by atoms with E-state index >= 15 is 0 Å². The van der Waals surface area contributed by atoms with Crippen molar-refractivity contribution in [1.82, 2.24) is 9.97 Å². The molecule has 0 fully saturated rings. The molecule has 6 heteroatoms. The molecule has 78 valence electrons. The van der Waals surface area contributed by atoms with Crippen LogP contribution in [0, 0.1) is 12.7 Å². The van der Waals surface area contributed by atoms with Gasteiger partial charge in [0.1, 0.15) is 6.33 Å². The summed E-state index contributed by atoms with van der Waals surface area (Å²) in [5.41, 5.74) is 0.237. The van der Waals surface area contributed by atoms with E-state index in [-0.39, 0.29) is 24.7 Å². The fourth-order valence-electron chi connectivity index (χ4n) is 0.860. The second-order valence-electron chi connectivity index (χ2n) is 2.84. The van der Waals surface area contributed by atoms with Gasteiger partial charge in [0, 0.05) is 6.54 Å². The van der Waals surface area contributed by atoms with Gasteiger partial charge in [-0.15, -0.1) is 0 Å². The van der Waals surface area contributed by atoms with Gasteiger partial charge in [0.05, 0.1) is 18.4 Å². The van der Waals surface area contributed by atoms with Crippen molar-refractivity contribution in [2.75, 3.05) is 18.5 Å². The molecule has 1 atom stereocenters. The Hall–Kier alpha value is -1.27. The van der Waals surface area contributed by atoms with Crippen LogP contribution in [0.5, 0.6) is 0 Å². The second kappa shape index (κ2) is 4.83. The molecule has 1 aromatic rings. The van der Waals surface area contributed by atoms with E-state index in [9.17, 15) is 4.39 Å². The number of nitrogens with zero attached hydrogens (tertiary/aromatic N) is 2. The fraction of sp³-hybridized carbons (Fsp3) is 0.500. The molecule has 0 aromatic carbocycles. The molecule has 0 aliphatic carbocycles. The number of hydrogen-bond acceptors (Lipinski definition) is 5. The summed E-state index contributed by atoms with van der Waals surface area (Å²) in [5.74, 6) is -0.511. The number of hydrogen-bond donors (Lipinski definition) is 3. The predicted octanol–water partition coefficient (Wildman–Crippen LogP) is -0.311. The quantitative estimate of drug-likeness (QED) is 0.622. The molecule has 1 heterocycles. The molecule has 0 radical (unpaired) electrons. The molecular weight excluding hydrogens is 189 g/mol. The Morgan fingerprint density at radius 2 is 2.29 bits per heavy atom. The monoisotopic (exact) mass is 201 g/mol. The minimum absolute atomic E-state index is 0.0324. The summed E-state index contributed by atoms with van der Waals surface area (Å²) in [4.78, 5) is 7.30. The highest BCUT2D eigenvalue weighted by molar-refractivity contribution is 5.36. The van der Waals surface area contributed by atoms with Crippen LogP contribution in [0.2, 0.25) is 0 Å². The van der Waals surface area contributed by atoms with Gasteiger partial charge in [-0.3, -0.25) is 0 Å². The first kappa shape index (κ1) is 10.8. The third-order valence-electron chi connectivity index (χ3n) is 1.68. The van der Waals surface area contributed by atoms with Gasteiger partial charge in [0.2, 0.25) is 0 Å². The first-order chi connectivity index (χ1) is 6.65. The Kier molecular flexibility index (Phi) is 3.73. The number of halogens is 1. The van der Waals surface area contributed by atoms with Crippen molar-refractivity contribution in [2.24, 2.45) is 0 Å². The molecule has 1 unspecified atom stereocenters. The Morgan fingerprint density at radius 3 is 2.93 bits per heavy atom. The number of anilines is 1. The van der Waals surface area contributed by atoms with Crippen LogP contribution in [0.25, 0.3) is 0 Å². The van der Waals surface area contributed by atoms with Gasteiger partial charge in [-0.25, -0.2) is 14.4 Å². The number of rotatable bonds is 4. The molecule has 0 aliphatic rings. The van der Waals surface area contributed by atoms with E-state index < -0.39 is 11.9 Å². The Balaban J connectivity index is 2.63.